The van der Waals surface area contributed by atoms with Gasteiger partial charge in [-0.1, -0.05) is 0 Å². The Morgan fingerprint density at radius 3 is 2.57 bits per heavy atom. The van der Waals surface area contributed by atoms with Crippen molar-refractivity contribution in [1.82, 2.24) is 0 Å². The molecule has 0 fully saturated rings. The van der Waals surface area contributed by atoms with Gasteiger partial charge in [0.15, 0.2) is 0 Å². The number of rotatable bonds is 2. The minimum Gasteiger partial charge on any atom is -0.507 e. The molecule has 5 heteroatoms. The molecule has 0 aromatic heterocycles. The van der Waals surface area contributed by atoms with Gasteiger partial charge in [0.2, 0.25) is 0 Å². The van der Waals surface area contributed by atoms with Crippen LogP contribution in [0.1, 0.15) is 17.3 Å². The first-order valence-corrected chi connectivity index (χ1v) is 6.07. The van der Waals surface area contributed by atoms with E-state index in [-0.39, 0.29) is 11.3 Å². The zero-order valence-corrected chi connectivity index (χ0v) is 11.7. The van der Waals surface area contributed by atoms with Gasteiger partial charge in [0, 0.05) is 7.14 Å². The Labute approximate surface area is 109 Å². The van der Waals surface area contributed by atoms with Gasteiger partial charge in [0.25, 0.3) is 0 Å². The zero-order valence-electron chi connectivity index (χ0n) is 7.38. The van der Waals surface area contributed by atoms with E-state index in [4.69, 9.17) is 4.74 Å². The Morgan fingerprint density at radius 2 is 2.00 bits per heavy atom. The monoisotopic (exact) mass is 418 g/mol. The molecule has 0 saturated carbocycles. The van der Waals surface area contributed by atoms with Crippen molar-refractivity contribution < 1.29 is 14.6 Å². The highest BCUT2D eigenvalue weighted by Gasteiger charge is 2.14. The van der Waals surface area contributed by atoms with Crippen molar-refractivity contribution in [3.8, 4) is 5.75 Å². The Hall–Kier alpha value is -0.0500. The molecule has 14 heavy (non-hydrogen) atoms. The molecule has 0 aliphatic carbocycles. The Balaban J connectivity index is 3.09. The molecule has 0 amide bonds. The van der Waals surface area contributed by atoms with E-state index in [0.29, 0.717) is 6.61 Å². The predicted octanol–water partition coefficient (Wildman–Crippen LogP) is 2.78. The second-order valence-electron chi connectivity index (χ2n) is 2.50. The summed E-state index contributed by atoms with van der Waals surface area (Å²) in [6.07, 6.45) is 0. The molecular weight excluding hydrogens is 410 g/mol. The molecule has 1 aromatic rings. The summed E-state index contributed by atoms with van der Waals surface area (Å²) in [5.41, 5.74) is 0.219. The van der Waals surface area contributed by atoms with E-state index in [1.165, 1.54) is 0 Å². The quantitative estimate of drug-likeness (QED) is 0.594. The maximum atomic E-state index is 11.3. The fourth-order valence-corrected chi connectivity index (χ4v) is 1.83. The first-order valence-electron chi connectivity index (χ1n) is 3.91. The molecule has 0 spiro atoms. The smallest absolute Gasteiger partial charge is 0.341 e. The topological polar surface area (TPSA) is 46.5 Å². The lowest BCUT2D eigenvalue weighted by atomic mass is 10.2. The summed E-state index contributed by atoms with van der Waals surface area (Å²) < 4.78 is 6.63. The number of carbonyl (C=O) groups excluding carboxylic acids is 1. The Morgan fingerprint density at radius 1 is 1.43 bits per heavy atom. The maximum absolute atomic E-state index is 11.3. The third-order valence-corrected chi connectivity index (χ3v) is 4.35. The molecule has 0 bridgehead atoms. The molecule has 0 unspecified atom stereocenters. The molecule has 0 aliphatic rings. The van der Waals surface area contributed by atoms with Gasteiger partial charge >= 0.3 is 5.97 Å². The van der Waals surface area contributed by atoms with Gasteiger partial charge in [0.05, 0.1) is 6.61 Å². The van der Waals surface area contributed by atoms with Crippen molar-refractivity contribution in [3.63, 3.8) is 0 Å². The summed E-state index contributed by atoms with van der Waals surface area (Å²) in [7, 11) is 0. The van der Waals surface area contributed by atoms with Gasteiger partial charge in [-0.05, 0) is 64.2 Å². The van der Waals surface area contributed by atoms with E-state index >= 15 is 0 Å². The maximum Gasteiger partial charge on any atom is 0.341 e. The minimum absolute atomic E-state index is 0.0340. The number of hydrogen-bond donors (Lipinski definition) is 1. The summed E-state index contributed by atoms with van der Waals surface area (Å²) in [6.45, 7) is 2.04. The summed E-state index contributed by atoms with van der Waals surface area (Å²) in [5.74, 6) is -0.521. The first-order chi connectivity index (χ1) is 6.56. The molecule has 1 N–H and O–H groups in total. The lowest BCUT2D eigenvalue weighted by Crippen LogP contribution is -2.05. The number of aromatic hydroxyl groups is 1. The number of benzene rings is 1. The molecule has 3 nitrogen and oxygen atoms in total. The van der Waals surface area contributed by atoms with E-state index < -0.39 is 5.97 Å². The van der Waals surface area contributed by atoms with Crippen molar-refractivity contribution in [2.45, 2.75) is 6.92 Å². The molecule has 0 aliphatic heterocycles. The largest absolute Gasteiger partial charge is 0.507 e. The van der Waals surface area contributed by atoms with Gasteiger partial charge in [0.1, 0.15) is 11.3 Å². The lowest BCUT2D eigenvalue weighted by molar-refractivity contribution is 0.0523. The van der Waals surface area contributed by atoms with Crippen LogP contribution in [0.5, 0.6) is 5.75 Å². The minimum atomic E-state index is -0.487. The van der Waals surface area contributed by atoms with Crippen molar-refractivity contribution in [1.29, 1.82) is 0 Å². The fraction of sp³-hybridized carbons (Fsp3) is 0.222. The van der Waals surface area contributed by atoms with Gasteiger partial charge in [-0.2, -0.15) is 0 Å². The summed E-state index contributed by atoms with van der Waals surface area (Å²) in [4.78, 5) is 11.3. The molecule has 76 valence electrons. The van der Waals surface area contributed by atoms with Crippen molar-refractivity contribution in [2.75, 3.05) is 6.61 Å². The average molecular weight is 418 g/mol. The third-order valence-electron chi connectivity index (χ3n) is 1.53. The molecule has 1 rings (SSSR count). The molecule has 0 atom stereocenters. The molecule has 0 saturated heterocycles. The van der Waals surface area contributed by atoms with Gasteiger partial charge < -0.3 is 9.84 Å². The third kappa shape index (κ3) is 2.72. The van der Waals surface area contributed by atoms with Crippen molar-refractivity contribution in [2.24, 2.45) is 0 Å². The van der Waals surface area contributed by atoms with Crippen LogP contribution in [-0.2, 0) is 4.74 Å². The second kappa shape index (κ2) is 5.15. The van der Waals surface area contributed by atoms with Gasteiger partial charge in [-0.25, -0.2) is 4.79 Å². The molecule has 0 heterocycles. The summed E-state index contributed by atoms with van der Waals surface area (Å²) in [5, 5.41) is 9.50. The van der Waals surface area contributed by atoms with Crippen LogP contribution in [0.2, 0.25) is 0 Å². The second-order valence-corrected chi connectivity index (χ2v) is 4.83. The van der Waals surface area contributed by atoms with Crippen LogP contribution < -0.4 is 0 Å². The fourth-order valence-electron chi connectivity index (χ4n) is 0.909. The highest BCUT2D eigenvalue weighted by molar-refractivity contribution is 14.1. The first kappa shape index (κ1) is 12.0. The number of esters is 1. The van der Waals surface area contributed by atoms with Crippen LogP contribution in [0, 0.1) is 7.14 Å². The molecule has 1 aromatic carbocycles. The van der Waals surface area contributed by atoms with Gasteiger partial charge in [-0.15, -0.1) is 0 Å². The van der Waals surface area contributed by atoms with Crippen LogP contribution in [0.15, 0.2) is 12.1 Å². The van der Waals surface area contributed by atoms with Crippen molar-refractivity contribution in [3.05, 3.63) is 24.8 Å². The number of carbonyl (C=O) groups is 1. The normalized spacial score (nSPS) is 9.93. The van der Waals surface area contributed by atoms with E-state index in [1.807, 2.05) is 0 Å². The van der Waals surface area contributed by atoms with E-state index in [1.54, 1.807) is 19.1 Å². The van der Waals surface area contributed by atoms with Crippen LogP contribution in [0.25, 0.3) is 0 Å². The van der Waals surface area contributed by atoms with Crippen LogP contribution >= 0.6 is 45.2 Å². The number of phenols is 1. The van der Waals surface area contributed by atoms with E-state index in [9.17, 15) is 9.90 Å². The molecular formula is C9H8I2O3. The predicted molar refractivity (Wildman–Crippen MR) is 69.5 cm³/mol. The highest BCUT2D eigenvalue weighted by Crippen LogP contribution is 2.25. The molecule has 0 radical (unpaired) electrons. The zero-order chi connectivity index (χ0) is 10.7. The summed E-state index contributed by atoms with van der Waals surface area (Å²) >= 11 is 4.19. The average Bonchev–Trinajstić information content (AvgIpc) is 2.11. The number of phenolic OH excluding ortho intramolecular Hbond substituents is 1. The Bertz CT molecular complexity index is 363. The van der Waals surface area contributed by atoms with Crippen LogP contribution in [0.3, 0.4) is 0 Å². The number of ether oxygens (including phenoxy) is 1. The van der Waals surface area contributed by atoms with Crippen molar-refractivity contribution >= 4 is 51.2 Å². The van der Waals surface area contributed by atoms with E-state index in [0.717, 1.165) is 7.14 Å². The van der Waals surface area contributed by atoms with Crippen LogP contribution in [0.4, 0.5) is 0 Å². The SMILES string of the molecule is CCOC(=O)c1cc(I)c(I)cc1O. The number of halogens is 2. The van der Waals surface area contributed by atoms with E-state index in [2.05, 4.69) is 45.2 Å². The summed E-state index contributed by atoms with van der Waals surface area (Å²) in [6, 6.07) is 3.17. The Kier molecular flexibility index (Phi) is 4.42. The standard InChI is InChI=1S/C9H8I2O3/c1-2-14-9(13)5-3-6(10)7(11)4-8(5)12/h3-4,12H,2H2,1H3. The highest BCUT2D eigenvalue weighted by atomic mass is 127. The number of hydrogen-bond acceptors (Lipinski definition) is 3. The van der Waals surface area contributed by atoms with Gasteiger partial charge in [-0.3, -0.25) is 0 Å². The van der Waals surface area contributed by atoms with Crippen LogP contribution in [-0.4, -0.2) is 17.7 Å². The lowest BCUT2D eigenvalue weighted by Gasteiger charge is -2.05.